The van der Waals surface area contributed by atoms with Crippen LogP contribution in [0.15, 0.2) is 0 Å². The highest BCUT2D eigenvalue weighted by atomic mass is 16.5. The zero-order valence-corrected chi connectivity index (χ0v) is 10.9. The van der Waals surface area contributed by atoms with Crippen molar-refractivity contribution in [1.29, 1.82) is 0 Å². The topological polar surface area (TPSA) is 41.6 Å². The molecule has 2 aliphatic heterocycles. The minimum Gasteiger partial charge on any atom is -0.378 e. The molecule has 2 heterocycles. The number of nitrogens with zero attached hydrogens (tertiary/aromatic N) is 1. The Labute approximate surface area is 104 Å². The molecular formula is C13H24N2O2. The molecule has 2 unspecified atom stereocenters. The predicted octanol–water partition coefficient (Wildman–Crippen LogP) is 1.36. The van der Waals surface area contributed by atoms with E-state index < -0.39 is 0 Å². The Kier molecular flexibility index (Phi) is 4.40. The minimum absolute atomic E-state index is 0.214. The van der Waals surface area contributed by atoms with Crippen LogP contribution >= 0.6 is 0 Å². The van der Waals surface area contributed by atoms with Gasteiger partial charge >= 0.3 is 0 Å². The highest BCUT2D eigenvalue weighted by molar-refractivity contribution is 5.80. The van der Waals surface area contributed by atoms with Crippen LogP contribution in [0.4, 0.5) is 0 Å². The van der Waals surface area contributed by atoms with Crippen molar-refractivity contribution in [2.45, 2.75) is 51.8 Å². The molecule has 1 N–H and O–H groups in total. The van der Waals surface area contributed by atoms with Crippen molar-refractivity contribution < 1.29 is 9.53 Å². The van der Waals surface area contributed by atoms with E-state index in [-0.39, 0.29) is 12.1 Å². The fourth-order valence-corrected chi connectivity index (χ4v) is 2.74. The first-order valence-electron chi connectivity index (χ1n) is 6.83. The SMILES string of the molecule is CC(C)C1NCC(=O)N1CCC1CCCCO1. The first-order valence-corrected chi connectivity index (χ1v) is 6.83. The molecule has 0 aromatic carbocycles. The van der Waals surface area contributed by atoms with Crippen molar-refractivity contribution in [2.24, 2.45) is 5.92 Å². The number of carbonyl (C=O) groups excluding carboxylic acids is 1. The molecule has 4 heteroatoms. The van der Waals surface area contributed by atoms with Gasteiger partial charge in [-0.25, -0.2) is 0 Å². The van der Waals surface area contributed by atoms with Gasteiger partial charge in [-0.05, 0) is 31.6 Å². The third-order valence-electron chi connectivity index (χ3n) is 3.72. The Morgan fingerprint density at radius 1 is 1.47 bits per heavy atom. The molecule has 0 spiro atoms. The van der Waals surface area contributed by atoms with Crippen LogP contribution in [0.3, 0.4) is 0 Å². The zero-order chi connectivity index (χ0) is 12.3. The van der Waals surface area contributed by atoms with Crippen molar-refractivity contribution in [2.75, 3.05) is 19.7 Å². The number of nitrogens with one attached hydrogen (secondary N) is 1. The molecule has 0 radical (unpaired) electrons. The van der Waals surface area contributed by atoms with Gasteiger partial charge in [-0.3, -0.25) is 10.1 Å². The third-order valence-corrected chi connectivity index (χ3v) is 3.72. The molecule has 0 aliphatic carbocycles. The van der Waals surface area contributed by atoms with Crippen LogP contribution in [-0.4, -0.2) is 42.8 Å². The van der Waals surface area contributed by atoms with Gasteiger partial charge in [0.05, 0.1) is 18.8 Å². The van der Waals surface area contributed by atoms with E-state index in [1.807, 2.05) is 4.90 Å². The molecule has 2 aliphatic rings. The van der Waals surface area contributed by atoms with Gasteiger partial charge < -0.3 is 9.64 Å². The molecule has 2 fully saturated rings. The summed E-state index contributed by atoms with van der Waals surface area (Å²) >= 11 is 0. The van der Waals surface area contributed by atoms with Gasteiger partial charge in [-0.2, -0.15) is 0 Å². The molecule has 4 nitrogen and oxygen atoms in total. The van der Waals surface area contributed by atoms with Crippen molar-refractivity contribution in [3.63, 3.8) is 0 Å². The summed E-state index contributed by atoms with van der Waals surface area (Å²) in [5.74, 6) is 0.702. The number of hydrogen-bond acceptors (Lipinski definition) is 3. The second-order valence-electron chi connectivity index (χ2n) is 5.43. The van der Waals surface area contributed by atoms with Crippen LogP contribution in [0, 0.1) is 5.92 Å². The van der Waals surface area contributed by atoms with E-state index >= 15 is 0 Å². The fraction of sp³-hybridized carbons (Fsp3) is 0.923. The quantitative estimate of drug-likeness (QED) is 0.806. The summed E-state index contributed by atoms with van der Waals surface area (Å²) < 4.78 is 5.71. The highest BCUT2D eigenvalue weighted by Crippen LogP contribution is 2.19. The van der Waals surface area contributed by atoms with Gasteiger partial charge in [0, 0.05) is 13.2 Å². The maximum atomic E-state index is 11.8. The van der Waals surface area contributed by atoms with Crippen LogP contribution in [0.25, 0.3) is 0 Å². The summed E-state index contributed by atoms with van der Waals surface area (Å²) in [6.45, 7) is 6.53. The second kappa shape index (κ2) is 5.83. The Hall–Kier alpha value is -0.610. The van der Waals surface area contributed by atoms with E-state index in [0.29, 0.717) is 18.6 Å². The molecule has 1 amide bonds. The van der Waals surface area contributed by atoms with Crippen molar-refractivity contribution in [3.8, 4) is 0 Å². The average molecular weight is 240 g/mol. The highest BCUT2D eigenvalue weighted by Gasteiger charge is 2.32. The molecule has 0 saturated carbocycles. The van der Waals surface area contributed by atoms with E-state index in [9.17, 15) is 4.79 Å². The van der Waals surface area contributed by atoms with Crippen molar-refractivity contribution >= 4 is 5.91 Å². The predicted molar refractivity (Wildman–Crippen MR) is 66.5 cm³/mol. The van der Waals surface area contributed by atoms with E-state index in [1.54, 1.807) is 0 Å². The first kappa shape index (κ1) is 12.8. The summed E-state index contributed by atoms with van der Waals surface area (Å²) in [6, 6.07) is 0. The Morgan fingerprint density at radius 3 is 2.94 bits per heavy atom. The van der Waals surface area contributed by atoms with E-state index in [1.165, 1.54) is 12.8 Å². The lowest BCUT2D eigenvalue weighted by Crippen LogP contribution is -2.42. The largest absolute Gasteiger partial charge is 0.378 e. The minimum atomic E-state index is 0.214. The lowest BCUT2D eigenvalue weighted by Gasteiger charge is -2.30. The standard InChI is InChI=1S/C13H24N2O2/c1-10(2)13-14-9-12(16)15(13)7-6-11-5-3-4-8-17-11/h10-11,13-14H,3-9H2,1-2H3. The molecule has 0 aromatic heterocycles. The van der Waals surface area contributed by atoms with Gasteiger partial charge in [-0.1, -0.05) is 13.8 Å². The molecule has 2 saturated heterocycles. The Balaban J connectivity index is 1.81. The number of carbonyl (C=O) groups is 1. The lowest BCUT2D eigenvalue weighted by atomic mass is 10.1. The number of ether oxygens (including phenoxy) is 1. The number of hydrogen-bond donors (Lipinski definition) is 1. The van der Waals surface area contributed by atoms with Gasteiger partial charge in [0.25, 0.3) is 0 Å². The summed E-state index contributed by atoms with van der Waals surface area (Å²) in [7, 11) is 0. The maximum absolute atomic E-state index is 11.8. The lowest BCUT2D eigenvalue weighted by molar-refractivity contribution is -0.129. The van der Waals surface area contributed by atoms with Crippen LogP contribution in [-0.2, 0) is 9.53 Å². The molecule has 98 valence electrons. The van der Waals surface area contributed by atoms with Crippen LogP contribution in [0.2, 0.25) is 0 Å². The van der Waals surface area contributed by atoms with E-state index in [0.717, 1.165) is 26.0 Å². The van der Waals surface area contributed by atoms with Gasteiger partial charge in [0.15, 0.2) is 0 Å². The Morgan fingerprint density at radius 2 is 2.29 bits per heavy atom. The smallest absolute Gasteiger partial charge is 0.237 e. The maximum Gasteiger partial charge on any atom is 0.237 e. The summed E-state index contributed by atoms with van der Waals surface area (Å²) in [5, 5.41) is 3.28. The number of rotatable bonds is 4. The normalized spacial score (nSPS) is 30.3. The molecule has 17 heavy (non-hydrogen) atoms. The summed E-state index contributed by atoms with van der Waals surface area (Å²) in [5.41, 5.74) is 0. The summed E-state index contributed by atoms with van der Waals surface area (Å²) in [4.78, 5) is 13.8. The molecule has 2 atom stereocenters. The van der Waals surface area contributed by atoms with Gasteiger partial charge in [0.2, 0.25) is 5.91 Å². The van der Waals surface area contributed by atoms with E-state index in [2.05, 4.69) is 19.2 Å². The van der Waals surface area contributed by atoms with Crippen molar-refractivity contribution in [3.05, 3.63) is 0 Å². The second-order valence-corrected chi connectivity index (χ2v) is 5.43. The Bertz CT molecular complexity index is 262. The molecule has 2 rings (SSSR count). The van der Waals surface area contributed by atoms with Gasteiger partial charge in [-0.15, -0.1) is 0 Å². The molecule has 0 bridgehead atoms. The average Bonchev–Trinajstić information content (AvgIpc) is 2.69. The first-order chi connectivity index (χ1) is 8.18. The summed E-state index contributed by atoms with van der Waals surface area (Å²) in [6.07, 6.45) is 5.18. The monoisotopic (exact) mass is 240 g/mol. The van der Waals surface area contributed by atoms with Gasteiger partial charge in [0.1, 0.15) is 0 Å². The zero-order valence-electron chi connectivity index (χ0n) is 10.9. The van der Waals surface area contributed by atoms with Crippen LogP contribution < -0.4 is 5.32 Å². The molecular weight excluding hydrogens is 216 g/mol. The van der Waals surface area contributed by atoms with Crippen LogP contribution in [0.5, 0.6) is 0 Å². The van der Waals surface area contributed by atoms with E-state index in [4.69, 9.17) is 4.74 Å². The van der Waals surface area contributed by atoms with Crippen molar-refractivity contribution in [1.82, 2.24) is 10.2 Å². The third kappa shape index (κ3) is 3.19. The number of amides is 1. The van der Waals surface area contributed by atoms with Crippen LogP contribution in [0.1, 0.15) is 39.5 Å². The molecule has 0 aromatic rings. The fourth-order valence-electron chi connectivity index (χ4n) is 2.74.